The molecule has 5 rings (SSSR count). The number of carbonyl (C=O) groups excluding carboxylic acids is 2. The largest absolute Gasteiger partial charge is 0.481 e. The van der Waals surface area contributed by atoms with Gasteiger partial charge in [0, 0.05) is 18.9 Å². The Morgan fingerprint density at radius 3 is 2.81 bits per heavy atom. The number of hydrogen-bond donors (Lipinski definition) is 2. The number of anilines is 2. The second-order valence-electron chi connectivity index (χ2n) is 9.06. The van der Waals surface area contributed by atoms with Crippen molar-refractivity contribution in [2.45, 2.75) is 26.3 Å². The van der Waals surface area contributed by atoms with Gasteiger partial charge in [-0.3, -0.25) is 19.5 Å². The van der Waals surface area contributed by atoms with E-state index in [9.17, 15) is 9.59 Å². The standard InChI is InChI=1S/C25H27N7O3S/c1-14-8-20(31(3)12-14)23(34)29-16-9-19(15(2)27-10-16)30-22(33)18-11-28-32-13-21(36-25(18)32)17-6-5-7-26-24(17)35-4/h5-7,9-11,13-14,20H,8,12H2,1-4H3,(H,29,34)(H,30,33)/t14-,20-/m0/s1. The van der Waals surface area contributed by atoms with E-state index < -0.39 is 0 Å². The van der Waals surface area contributed by atoms with Gasteiger partial charge in [0.1, 0.15) is 4.83 Å². The number of nitrogens with one attached hydrogen (secondary N) is 2. The summed E-state index contributed by atoms with van der Waals surface area (Å²) in [7, 11) is 3.53. The maximum atomic E-state index is 13.2. The number of amides is 2. The summed E-state index contributed by atoms with van der Waals surface area (Å²) >= 11 is 1.42. The van der Waals surface area contributed by atoms with Crippen molar-refractivity contribution in [2.24, 2.45) is 5.92 Å². The van der Waals surface area contributed by atoms with Crippen molar-refractivity contribution in [1.82, 2.24) is 24.5 Å². The Morgan fingerprint density at radius 1 is 1.22 bits per heavy atom. The second-order valence-corrected chi connectivity index (χ2v) is 10.1. The summed E-state index contributed by atoms with van der Waals surface area (Å²) in [5, 5.41) is 10.2. The summed E-state index contributed by atoms with van der Waals surface area (Å²) in [4.78, 5) is 38.3. The molecule has 2 amide bonds. The predicted octanol–water partition coefficient (Wildman–Crippen LogP) is 3.70. The third-order valence-corrected chi connectivity index (χ3v) is 7.48. The molecule has 0 unspecified atom stereocenters. The van der Waals surface area contributed by atoms with Gasteiger partial charge in [-0.1, -0.05) is 6.92 Å². The van der Waals surface area contributed by atoms with Crippen molar-refractivity contribution < 1.29 is 14.3 Å². The molecule has 4 aromatic rings. The van der Waals surface area contributed by atoms with Crippen LogP contribution in [0.15, 0.2) is 43.0 Å². The average molecular weight is 506 g/mol. The average Bonchev–Trinajstić information content (AvgIpc) is 3.54. The molecule has 1 saturated heterocycles. The number of rotatable bonds is 6. The fraction of sp³-hybridized carbons (Fsp3) is 0.320. The fourth-order valence-electron chi connectivity index (χ4n) is 4.51. The summed E-state index contributed by atoms with van der Waals surface area (Å²) in [5.74, 6) is 0.600. The minimum absolute atomic E-state index is 0.0694. The van der Waals surface area contributed by atoms with E-state index in [1.54, 1.807) is 37.0 Å². The highest BCUT2D eigenvalue weighted by Crippen LogP contribution is 2.35. The molecule has 0 saturated carbocycles. The van der Waals surface area contributed by atoms with Crippen molar-refractivity contribution in [2.75, 3.05) is 31.3 Å². The third-order valence-electron chi connectivity index (χ3n) is 6.33. The molecule has 0 aliphatic carbocycles. The minimum Gasteiger partial charge on any atom is -0.481 e. The number of ether oxygens (including phenoxy) is 1. The van der Waals surface area contributed by atoms with Gasteiger partial charge in [0.2, 0.25) is 11.8 Å². The number of pyridine rings is 2. The van der Waals surface area contributed by atoms with Crippen LogP contribution in [0.3, 0.4) is 0 Å². The zero-order valence-electron chi connectivity index (χ0n) is 20.5. The number of thiazole rings is 1. The first-order valence-electron chi connectivity index (χ1n) is 11.6. The normalized spacial score (nSPS) is 17.9. The molecule has 11 heteroatoms. The quantitative estimate of drug-likeness (QED) is 0.411. The highest BCUT2D eigenvalue weighted by Gasteiger charge is 2.32. The van der Waals surface area contributed by atoms with Gasteiger partial charge in [0.25, 0.3) is 5.91 Å². The molecule has 1 aliphatic rings. The van der Waals surface area contributed by atoms with Gasteiger partial charge in [0.05, 0.1) is 58.6 Å². The van der Waals surface area contributed by atoms with E-state index in [-0.39, 0.29) is 17.9 Å². The smallest absolute Gasteiger partial charge is 0.260 e. The van der Waals surface area contributed by atoms with E-state index in [1.165, 1.54) is 17.5 Å². The Kier molecular flexibility index (Phi) is 6.42. The molecule has 4 aromatic heterocycles. The molecule has 0 radical (unpaired) electrons. The van der Waals surface area contributed by atoms with Gasteiger partial charge < -0.3 is 15.4 Å². The molecular weight excluding hydrogens is 478 g/mol. The minimum atomic E-state index is -0.311. The lowest BCUT2D eigenvalue weighted by Crippen LogP contribution is -2.37. The number of aryl methyl sites for hydroxylation is 1. The number of nitrogens with zero attached hydrogens (tertiary/aromatic N) is 5. The maximum Gasteiger partial charge on any atom is 0.260 e. The van der Waals surface area contributed by atoms with Gasteiger partial charge in [-0.2, -0.15) is 5.10 Å². The fourth-order valence-corrected chi connectivity index (χ4v) is 5.59. The summed E-state index contributed by atoms with van der Waals surface area (Å²) in [6.07, 6.45) is 7.47. The monoisotopic (exact) mass is 505 g/mol. The van der Waals surface area contributed by atoms with Gasteiger partial charge in [-0.25, -0.2) is 9.50 Å². The third kappa shape index (κ3) is 4.54. The van der Waals surface area contributed by atoms with Crippen molar-refractivity contribution >= 4 is 39.4 Å². The molecular formula is C25H27N7O3S. The molecule has 1 fully saturated rings. The van der Waals surface area contributed by atoms with E-state index in [0.717, 1.165) is 23.4 Å². The van der Waals surface area contributed by atoms with Crippen LogP contribution < -0.4 is 15.4 Å². The first-order chi connectivity index (χ1) is 17.3. The van der Waals surface area contributed by atoms with Crippen molar-refractivity contribution in [3.63, 3.8) is 0 Å². The van der Waals surface area contributed by atoms with Crippen LogP contribution in [-0.4, -0.2) is 63.0 Å². The number of likely N-dealkylation sites (tertiary alicyclic amines) is 1. The van der Waals surface area contributed by atoms with Gasteiger partial charge in [-0.15, -0.1) is 11.3 Å². The Labute approximate surface area is 212 Å². The molecule has 10 nitrogen and oxygen atoms in total. The first kappa shape index (κ1) is 23.9. The summed E-state index contributed by atoms with van der Waals surface area (Å²) in [6.45, 7) is 4.84. The van der Waals surface area contributed by atoms with Crippen LogP contribution in [0.5, 0.6) is 5.88 Å². The predicted molar refractivity (Wildman–Crippen MR) is 139 cm³/mol. The van der Waals surface area contributed by atoms with E-state index in [4.69, 9.17) is 4.74 Å². The number of methoxy groups -OCH3 is 1. The van der Waals surface area contributed by atoms with Crippen molar-refractivity contribution in [3.8, 4) is 16.3 Å². The Hall–Kier alpha value is -3.83. The first-order valence-corrected chi connectivity index (χ1v) is 12.4. The molecule has 5 heterocycles. The SMILES string of the molecule is COc1ncccc1-c1cn2ncc(C(=O)Nc3cc(NC(=O)[C@@H]4C[C@H](C)CN4C)cnc3C)c2s1. The highest BCUT2D eigenvalue weighted by molar-refractivity contribution is 7.21. The van der Waals surface area contributed by atoms with Crippen LogP contribution in [0.25, 0.3) is 15.3 Å². The lowest BCUT2D eigenvalue weighted by atomic mass is 10.1. The lowest BCUT2D eigenvalue weighted by molar-refractivity contribution is -0.119. The van der Waals surface area contributed by atoms with E-state index in [2.05, 4.69) is 37.5 Å². The number of aromatic nitrogens is 4. The van der Waals surface area contributed by atoms with Crippen molar-refractivity contribution in [1.29, 1.82) is 0 Å². The van der Waals surface area contributed by atoms with Gasteiger partial charge in [0.15, 0.2) is 0 Å². The number of hydrogen-bond acceptors (Lipinski definition) is 8. The van der Waals surface area contributed by atoms with Crippen LogP contribution in [0.1, 0.15) is 29.4 Å². The van der Waals surface area contributed by atoms with Crippen molar-refractivity contribution in [3.05, 3.63) is 54.2 Å². The molecule has 186 valence electrons. The topological polar surface area (TPSA) is 114 Å². The second kappa shape index (κ2) is 9.67. The highest BCUT2D eigenvalue weighted by atomic mass is 32.1. The lowest BCUT2D eigenvalue weighted by Gasteiger charge is -2.19. The molecule has 36 heavy (non-hydrogen) atoms. The molecule has 2 N–H and O–H groups in total. The zero-order valence-corrected chi connectivity index (χ0v) is 21.3. The Bertz CT molecular complexity index is 1450. The Balaban J connectivity index is 1.36. The van der Waals surface area contributed by atoms with E-state index >= 15 is 0 Å². The number of likely N-dealkylation sites (N-methyl/N-ethyl adjacent to an activating group) is 1. The maximum absolute atomic E-state index is 13.2. The Morgan fingerprint density at radius 2 is 2.06 bits per heavy atom. The van der Waals surface area contributed by atoms with Crippen LogP contribution in [0.4, 0.5) is 11.4 Å². The summed E-state index contributed by atoms with van der Waals surface area (Å²) in [6, 6.07) is 5.31. The van der Waals surface area contributed by atoms with E-state index in [0.29, 0.717) is 39.3 Å². The van der Waals surface area contributed by atoms with Gasteiger partial charge in [-0.05, 0) is 44.5 Å². The van der Waals surface area contributed by atoms with Crippen LogP contribution in [0, 0.1) is 12.8 Å². The zero-order chi connectivity index (χ0) is 25.4. The number of fused-ring (bicyclic) bond motifs is 1. The molecule has 0 spiro atoms. The van der Waals surface area contributed by atoms with E-state index in [1.807, 2.05) is 25.4 Å². The van der Waals surface area contributed by atoms with Crippen LogP contribution in [-0.2, 0) is 4.79 Å². The van der Waals surface area contributed by atoms with Crippen LogP contribution >= 0.6 is 11.3 Å². The summed E-state index contributed by atoms with van der Waals surface area (Å²) in [5.41, 5.74) is 2.97. The molecule has 2 atom stereocenters. The van der Waals surface area contributed by atoms with Crippen LogP contribution in [0.2, 0.25) is 0 Å². The van der Waals surface area contributed by atoms with Gasteiger partial charge >= 0.3 is 0 Å². The molecule has 1 aliphatic heterocycles. The molecule has 0 aromatic carbocycles. The summed E-state index contributed by atoms with van der Waals surface area (Å²) < 4.78 is 7.04. The molecule has 0 bridgehead atoms. The number of carbonyl (C=O) groups is 2.